The average molecular weight is 401 g/mol. The van der Waals surface area contributed by atoms with E-state index >= 15 is 0 Å². The van der Waals surface area contributed by atoms with Gasteiger partial charge in [0.15, 0.2) is 0 Å². The molecule has 140 valence electrons. The Hall–Kier alpha value is -2.18. The van der Waals surface area contributed by atoms with E-state index in [0.29, 0.717) is 11.6 Å². The van der Waals surface area contributed by atoms with Crippen molar-refractivity contribution in [3.8, 4) is 16.5 Å². The van der Waals surface area contributed by atoms with Crippen LogP contribution in [0.1, 0.15) is 28.6 Å². The average Bonchev–Trinajstić information content (AvgIpc) is 3.04. The van der Waals surface area contributed by atoms with Gasteiger partial charge in [0.25, 0.3) is 5.19 Å². The van der Waals surface area contributed by atoms with Crippen LogP contribution >= 0.6 is 22.9 Å². The van der Waals surface area contributed by atoms with Gasteiger partial charge >= 0.3 is 0 Å². The maximum Gasteiger partial charge on any atom is 0.273 e. The number of hydrogen-bond acceptors (Lipinski definition) is 6. The van der Waals surface area contributed by atoms with Crippen molar-refractivity contribution in [2.24, 2.45) is 0 Å². The largest absolute Gasteiger partial charge is 0.470 e. The van der Waals surface area contributed by atoms with Crippen molar-refractivity contribution >= 4 is 28.8 Å². The summed E-state index contributed by atoms with van der Waals surface area (Å²) >= 11 is 8.08. The highest BCUT2D eigenvalue weighted by molar-refractivity contribution is 7.13. The van der Waals surface area contributed by atoms with Crippen LogP contribution in [-0.2, 0) is 13.0 Å². The standard InChI is InChI=1S/C20H21ClN4OS/c1-4-26-20-24-16-5-6-25(11-17(16)27-20)18-8-14(15(21)10-22-18)19-13(3)7-12(2)9-23-19/h7-10H,4-6,11H2,1-3H3. The number of hydrogen-bond donors (Lipinski definition) is 0. The Labute approximate surface area is 168 Å². The van der Waals surface area contributed by atoms with E-state index in [0.717, 1.165) is 58.6 Å². The number of halogens is 1. The van der Waals surface area contributed by atoms with E-state index in [2.05, 4.69) is 32.8 Å². The number of aryl methyl sites for hydroxylation is 2. The van der Waals surface area contributed by atoms with Gasteiger partial charge in [-0.3, -0.25) is 4.98 Å². The molecular weight excluding hydrogens is 380 g/mol. The second kappa shape index (κ2) is 7.44. The summed E-state index contributed by atoms with van der Waals surface area (Å²) in [6.07, 6.45) is 4.49. The van der Waals surface area contributed by atoms with Crippen molar-refractivity contribution in [2.45, 2.75) is 33.7 Å². The van der Waals surface area contributed by atoms with Gasteiger partial charge in [0.05, 0.1) is 34.4 Å². The third-order valence-electron chi connectivity index (χ3n) is 4.61. The van der Waals surface area contributed by atoms with E-state index < -0.39 is 0 Å². The second-order valence-electron chi connectivity index (χ2n) is 6.65. The van der Waals surface area contributed by atoms with E-state index in [4.69, 9.17) is 16.3 Å². The molecule has 0 fully saturated rings. The van der Waals surface area contributed by atoms with E-state index in [-0.39, 0.29) is 0 Å². The van der Waals surface area contributed by atoms with E-state index in [1.807, 2.05) is 26.1 Å². The highest BCUT2D eigenvalue weighted by Gasteiger charge is 2.23. The molecule has 4 rings (SSSR count). The topological polar surface area (TPSA) is 51.1 Å². The molecule has 5 nitrogen and oxygen atoms in total. The fourth-order valence-corrected chi connectivity index (χ4v) is 4.55. The quantitative estimate of drug-likeness (QED) is 0.627. The van der Waals surface area contributed by atoms with Crippen LogP contribution in [0, 0.1) is 13.8 Å². The first-order valence-corrected chi connectivity index (χ1v) is 10.2. The predicted molar refractivity (Wildman–Crippen MR) is 110 cm³/mol. The fourth-order valence-electron chi connectivity index (χ4n) is 3.33. The first-order valence-electron chi connectivity index (χ1n) is 9.00. The fraction of sp³-hybridized carbons (Fsp3) is 0.350. The summed E-state index contributed by atoms with van der Waals surface area (Å²) in [7, 11) is 0. The molecule has 4 heterocycles. The zero-order chi connectivity index (χ0) is 19.0. The lowest BCUT2D eigenvalue weighted by Gasteiger charge is -2.27. The van der Waals surface area contributed by atoms with Gasteiger partial charge in [-0.25, -0.2) is 9.97 Å². The molecule has 1 aliphatic heterocycles. The molecule has 0 aliphatic carbocycles. The van der Waals surface area contributed by atoms with E-state index in [9.17, 15) is 0 Å². The monoisotopic (exact) mass is 400 g/mol. The normalized spacial score (nSPS) is 13.6. The molecule has 0 aromatic carbocycles. The van der Waals surface area contributed by atoms with Crippen LogP contribution in [0.3, 0.4) is 0 Å². The van der Waals surface area contributed by atoms with Crippen LogP contribution in [0.2, 0.25) is 5.02 Å². The third-order valence-corrected chi connectivity index (χ3v) is 5.91. The first kappa shape index (κ1) is 18.2. The van der Waals surface area contributed by atoms with Crippen LogP contribution in [0.5, 0.6) is 5.19 Å². The van der Waals surface area contributed by atoms with Crippen LogP contribution in [0.4, 0.5) is 5.82 Å². The van der Waals surface area contributed by atoms with Gasteiger partial charge < -0.3 is 9.64 Å². The summed E-state index contributed by atoms with van der Waals surface area (Å²) in [5, 5.41) is 1.38. The zero-order valence-corrected chi connectivity index (χ0v) is 17.2. The summed E-state index contributed by atoms with van der Waals surface area (Å²) in [5.41, 5.74) is 5.22. The molecule has 0 atom stereocenters. The van der Waals surface area contributed by atoms with Gasteiger partial charge in [-0.15, -0.1) is 0 Å². The summed E-state index contributed by atoms with van der Waals surface area (Å²) in [6, 6.07) is 4.17. The Balaban J connectivity index is 1.65. The second-order valence-corrected chi connectivity index (χ2v) is 8.11. The van der Waals surface area contributed by atoms with Gasteiger partial charge in [0.2, 0.25) is 0 Å². The minimum Gasteiger partial charge on any atom is -0.470 e. The predicted octanol–water partition coefficient (Wildman–Crippen LogP) is 4.83. The highest BCUT2D eigenvalue weighted by Crippen LogP contribution is 2.35. The summed E-state index contributed by atoms with van der Waals surface area (Å²) in [5.74, 6) is 0.910. The number of pyridine rings is 2. The summed E-state index contributed by atoms with van der Waals surface area (Å²) in [4.78, 5) is 17.3. The molecule has 0 N–H and O–H groups in total. The Bertz CT molecular complexity index is 988. The molecule has 7 heteroatoms. The Morgan fingerprint density at radius 1 is 1.22 bits per heavy atom. The maximum atomic E-state index is 6.46. The lowest BCUT2D eigenvalue weighted by molar-refractivity contribution is 0.337. The minimum absolute atomic E-state index is 0.618. The maximum absolute atomic E-state index is 6.46. The van der Waals surface area contributed by atoms with Crippen LogP contribution in [0.15, 0.2) is 24.5 Å². The van der Waals surface area contributed by atoms with Crippen molar-refractivity contribution in [2.75, 3.05) is 18.1 Å². The number of fused-ring (bicyclic) bond motifs is 1. The van der Waals surface area contributed by atoms with Crippen LogP contribution in [-0.4, -0.2) is 28.1 Å². The number of thiazole rings is 1. The lowest BCUT2D eigenvalue weighted by Crippen LogP contribution is -2.30. The molecule has 1 aliphatic rings. The molecule has 3 aromatic rings. The molecule has 27 heavy (non-hydrogen) atoms. The molecule has 0 spiro atoms. The SMILES string of the molecule is CCOc1nc2c(s1)CN(c1cc(-c3ncc(C)cc3C)c(Cl)cn1)CC2. The van der Waals surface area contributed by atoms with Gasteiger partial charge in [-0.05, 0) is 38.0 Å². The van der Waals surface area contributed by atoms with Crippen molar-refractivity contribution < 1.29 is 4.74 Å². The molecule has 0 bridgehead atoms. The number of nitrogens with zero attached hydrogens (tertiary/aromatic N) is 4. The van der Waals surface area contributed by atoms with Gasteiger partial charge in [0.1, 0.15) is 5.82 Å². The zero-order valence-electron chi connectivity index (χ0n) is 15.6. The first-order chi connectivity index (χ1) is 13.0. The summed E-state index contributed by atoms with van der Waals surface area (Å²) < 4.78 is 5.56. The number of aromatic nitrogens is 3. The molecule has 0 saturated carbocycles. The Morgan fingerprint density at radius 2 is 2.07 bits per heavy atom. The van der Waals surface area contributed by atoms with Crippen molar-refractivity contribution in [1.29, 1.82) is 0 Å². The molecular formula is C20H21ClN4OS. The number of rotatable bonds is 4. The van der Waals surface area contributed by atoms with E-state index in [1.54, 1.807) is 17.5 Å². The van der Waals surface area contributed by atoms with Crippen molar-refractivity contribution in [1.82, 2.24) is 15.0 Å². The summed E-state index contributed by atoms with van der Waals surface area (Å²) in [6.45, 7) is 8.38. The van der Waals surface area contributed by atoms with Crippen LogP contribution < -0.4 is 9.64 Å². The van der Waals surface area contributed by atoms with Crippen LogP contribution in [0.25, 0.3) is 11.3 Å². The minimum atomic E-state index is 0.618. The molecule has 0 saturated heterocycles. The molecule has 3 aromatic heterocycles. The molecule has 0 radical (unpaired) electrons. The smallest absolute Gasteiger partial charge is 0.273 e. The molecule has 0 unspecified atom stereocenters. The lowest BCUT2D eigenvalue weighted by atomic mass is 10.1. The number of ether oxygens (including phenoxy) is 1. The molecule has 0 amide bonds. The van der Waals surface area contributed by atoms with Crippen molar-refractivity contribution in [3.05, 3.63) is 51.2 Å². The number of anilines is 1. The van der Waals surface area contributed by atoms with Crippen molar-refractivity contribution in [3.63, 3.8) is 0 Å². The van der Waals surface area contributed by atoms with Gasteiger partial charge in [0, 0.05) is 30.9 Å². The Morgan fingerprint density at radius 3 is 2.85 bits per heavy atom. The van der Waals surface area contributed by atoms with E-state index in [1.165, 1.54) is 4.88 Å². The highest BCUT2D eigenvalue weighted by atomic mass is 35.5. The van der Waals surface area contributed by atoms with Gasteiger partial charge in [-0.1, -0.05) is 29.0 Å². The Kier molecular flexibility index (Phi) is 5.02. The third kappa shape index (κ3) is 3.64. The van der Waals surface area contributed by atoms with Gasteiger partial charge in [-0.2, -0.15) is 0 Å².